The predicted octanol–water partition coefficient (Wildman–Crippen LogP) is 3.64. The van der Waals surface area contributed by atoms with Crippen LogP contribution in [0.3, 0.4) is 0 Å². The van der Waals surface area contributed by atoms with Crippen molar-refractivity contribution in [3.8, 4) is 0 Å². The maximum Gasteiger partial charge on any atom is 0.268 e. The van der Waals surface area contributed by atoms with Gasteiger partial charge >= 0.3 is 0 Å². The van der Waals surface area contributed by atoms with Crippen molar-refractivity contribution < 1.29 is 23.2 Å². The van der Waals surface area contributed by atoms with E-state index in [0.29, 0.717) is 53.5 Å². The van der Waals surface area contributed by atoms with Crippen LogP contribution in [0.25, 0.3) is 0 Å². The topological polar surface area (TPSA) is 117 Å². The predicted molar refractivity (Wildman–Crippen MR) is 162 cm³/mol. The van der Waals surface area contributed by atoms with Crippen LogP contribution >= 0.6 is 0 Å². The number of pyridine rings is 1. The summed E-state index contributed by atoms with van der Waals surface area (Å²) in [7, 11) is 5.11. The van der Waals surface area contributed by atoms with Crippen LogP contribution in [0.15, 0.2) is 67.1 Å². The molecule has 1 aromatic carbocycles. The van der Waals surface area contributed by atoms with Crippen LogP contribution in [0.1, 0.15) is 61.0 Å². The van der Waals surface area contributed by atoms with Gasteiger partial charge < -0.3 is 20.1 Å². The van der Waals surface area contributed by atoms with Gasteiger partial charge in [-0.2, -0.15) is 5.10 Å². The molecular weight excluding hydrogens is 582 g/mol. The quantitative estimate of drug-likeness (QED) is 0.312. The molecule has 13 heteroatoms. The van der Waals surface area contributed by atoms with Gasteiger partial charge in [0, 0.05) is 71.1 Å². The van der Waals surface area contributed by atoms with Gasteiger partial charge in [-0.25, -0.2) is 8.78 Å². The van der Waals surface area contributed by atoms with Gasteiger partial charge in [0.25, 0.3) is 23.6 Å². The summed E-state index contributed by atoms with van der Waals surface area (Å²) in [6.07, 6.45) is 3.94. The molecule has 1 spiro atoms. The standard InChI is InChI=1S/C32H34F2N8O3/c1-39(2)30(45)22-6-4-21(5-7-22)17-41-12-13-42-26(10-11-27(42)31(41)19-32(33,34)20-31)29(44)36-15-24-8-9-25(16-35-24)38-28(43)23-14-37-40(3)18-23/h4-11,14,16,18H,12-13,15,17,19-20H2,1-3H3,(H,36,44)(H,38,43). The van der Waals surface area contributed by atoms with E-state index < -0.39 is 11.5 Å². The molecule has 3 amide bonds. The lowest BCUT2D eigenvalue weighted by Gasteiger charge is -2.56. The van der Waals surface area contributed by atoms with Gasteiger partial charge in [-0.15, -0.1) is 0 Å². The minimum Gasteiger partial charge on any atom is -0.345 e. The molecule has 4 aromatic rings. The summed E-state index contributed by atoms with van der Waals surface area (Å²) in [5.74, 6) is -3.52. The number of nitrogens with one attached hydrogen (secondary N) is 2. The first-order chi connectivity index (χ1) is 21.4. The molecule has 4 heterocycles. The molecule has 2 N–H and O–H groups in total. The Morgan fingerprint density at radius 1 is 0.933 bits per heavy atom. The molecular formula is C32H34F2N8O3. The zero-order chi connectivity index (χ0) is 31.9. The Morgan fingerprint density at radius 2 is 1.69 bits per heavy atom. The monoisotopic (exact) mass is 616 g/mol. The molecule has 11 nitrogen and oxygen atoms in total. The third kappa shape index (κ3) is 5.95. The first-order valence-corrected chi connectivity index (χ1v) is 14.6. The van der Waals surface area contributed by atoms with Crippen molar-refractivity contribution in [2.45, 2.75) is 43.9 Å². The maximum atomic E-state index is 14.5. The number of fused-ring (bicyclic) bond motifs is 2. The molecule has 1 saturated carbocycles. The van der Waals surface area contributed by atoms with E-state index in [1.54, 1.807) is 63.7 Å². The smallest absolute Gasteiger partial charge is 0.268 e. The second-order valence-electron chi connectivity index (χ2n) is 11.9. The van der Waals surface area contributed by atoms with E-state index in [1.165, 1.54) is 22.0 Å². The van der Waals surface area contributed by atoms with Gasteiger partial charge in [0.05, 0.1) is 41.4 Å². The second-order valence-corrected chi connectivity index (χ2v) is 11.9. The molecule has 0 bridgehead atoms. The van der Waals surface area contributed by atoms with Crippen molar-refractivity contribution >= 4 is 23.4 Å². The molecule has 1 aliphatic heterocycles. The SMILES string of the molecule is CN(C)C(=O)c1ccc(CN2CCn3c(C(=O)NCc4ccc(NC(=O)c5cnn(C)c5)cn4)ccc3C23CC(F)(F)C3)cc1. The van der Waals surface area contributed by atoms with E-state index in [-0.39, 0.29) is 37.1 Å². The fraction of sp³-hybridized carbons (Fsp3) is 0.344. The van der Waals surface area contributed by atoms with Crippen molar-refractivity contribution in [3.63, 3.8) is 0 Å². The molecule has 1 aliphatic carbocycles. The first-order valence-electron chi connectivity index (χ1n) is 14.6. The van der Waals surface area contributed by atoms with Crippen LogP contribution in [0.2, 0.25) is 0 Å². The van der Waals surface area contributed by atoms with Crippen molar-refractivity contribution in [1.29, 1.82) is 0 Å². The minimum absolute atomic E-state index is 0.101. The summed E-state index contributed by atoms with van der Waals surface area (Å²) < 4.78 is 32.3. The lowest BCUT2D eigenvalue weighted by Crippen LogP contribution is -2.63. The minimum atomic E-state index is -2.79. The van der Waals surface area contributed by atoms with Gasteiger partial charge in [0.15, 0.2) is 0 Å². The first kappa shape index (κ1) is 30.1. The zero-order valence-electron chi connectivity index (χ0n) is 25.3. The highest BCUT2D eigenvalue weighted by molar-refractivity contribution is 6.03. The molecule has 0 atom stereocenters. The average Bonchev–Trinajstić information content (AvgIpc) is 3.64. The summed E-state index contributed by atoms with van der Waals surface area (Å²) in [5.41, 5.74) is 3.23. The van der Waals surface area contributed by atoms with E-state index in [2.05, 4.69) is 25.6 Å². The van der Waals surface area contributed by atoms with Crippen LogP contribution in [0, 0.1) is 0 Å². The molecule has 0 radical (unpaired) electrons. The second kappa shape index (κ2) is 11.5. The number of nitrogens with zero attached hydrogens (tertiary/aromatic N) is 6. The van der Waals surface area contributed by atoms with Crippen molar-refractivity contribution in [2.24, 2.45) is 7.05 Å². The molecule has 45 heavy (non-hydrogen) atoms. The summed E-state index contributed by atoms with van der Waals surface area (Å²) in [5, 5.41) is 9.62. The Kier molecular flexibility index (Phi) is 7.73. The molecule has 0 saturated heterocycles. The molecule has 0 unspecified atom stereocenters. The van der Waals surface area contributed by atoms with E-state index in [1.807, 2.05) is 16.7 Å². The Morgan fingerprint density at radius 3 is 2.31 bits per heavy atom. The molecule has 3 aromatic heterocycles. The summed E-state index contributed by atoms with van der Waals surface area (Å²) in [4.78, 5) is 45.8. The number of anilines is 1. The van der Waals surface area contributed by atoms with E-state index >= 15 is 0 Å². The number of hydrogen-bond acceptors (Lipinski definition) is 6. The van der Waals surface area contributed by atoms with Crippen LogP contribution in [-0.2, 0) is 32.2 Å². The van der Waals surface area contributed by atoms with Gasteiger partial charge in [-0.05, 0) is 42.0 Å². The lowest BCUT2D eigenvalue weighted by molar-refractivity contribution is -0.192. The summed E-state index contributed by atoms with van der Waals surface area (Å²) >= 11 is 0. The van der Waals surface area contributed by atoms with Crippen LogP contribution < -0.4 is 10.6 Å². The Balaban J connectivity index is 1.12. The van der Waals surface area contributed by atoms with Crippen molar-refractivity contribution in [1.82, 2.24) is 34.4 Å². The zero-order valence-corrected chi connectivity index (χ0v) is 25.3. The highest BCUT2D eigenvalue weighted by Gasteiger charge is 2.62. The lowest BCUT2D eigenvalue weighted by atomic mass is 9.68. The highest BCUT2D eigenvalue weighted by atomic mass is 19.3. The maximum absolute atomic E-state index is 14.5. The Hall–Kier alpha value is -4.91. The van der Waals surface area contributed by atoms with Gasteiger partial charge in [0.2, 0.25) is 0 Å². The van der Waals surface area contributed by atoms with Gasteiger partial charge in [-0.1, -0.05) is 12.1 Å². The normalized spacial score (nSPS) is 16.5. The summed E-state index contributed by atoms with van der Waals surface area (Å²) in [6, 6.07) is 14.1. The van der Waals surface area contributed by atoms with Crippen molar-refractivity contribution in [2.75, 3.05) is 26.0 Å². The van der Waals surface area contributed by atoms with Crippen molar-refractivity contribution in [3.05, 3.63) is 101 Å². The number of carbonyl (C=O) groups is 3. The molecule has 1 fully saturated rings. The number of aromatic nitrogens is 4. The number of benzene rings is 1. The third-order valence-corrected chi connectivity index (χ3v) is 8.45. The van der Waals surface area contributed by atoms with Gasteiger partial charge in [0.1, 0.15) is 5.69 Å². The number of alkyl halides is 2. The summed E-state index contributed by atoms with van der Waals surface area (Å²) in [6.45, 7) is 1.56. The molecule has 6 rings (SSSR count). The fourth-order valence-corrected chi connectivity index (χ4v) is 6.19. The number of hydrogen-bond donors (Lipinski definition) is 2. The largest absolute Gasteiger partial charge is 0.345 e. The van der Waals surface area contributed by atoms with Crippen LogP contribution in [0.5, 0.6) is 0 Å². The highest BCUT2D eigenvalue weighted by Crippen LogP contribution is 2.57. The molecule has 2 aliphatic rings. The number of rotatable bonds is 8. The van der Waals surface area contributed by atoms with E-state index in [4.69, 9.17) is 0 Å². The van der Waals surface area contributed by atoms with Gasteiger partial charge in [-0.3, -0.25) is 28.9 Å². The number of amides is 3. The Bertz CT molecular complexity index is 1740. The Labute approximate surface area is 258 Å². The molecule has 234 valence electrons. The number of aryl methyl sites for hydroxylation is 1. The van der Waals surface area contributed by atoms with Crippen LogP contribution in [-0.4, -0.2) is 73.4 Å². The van der Waals surface area contributed by atoms with Crippen LogP contribution in [0.4, 0.5) is 14.5 Å². The number of carbonyl (C=O) groups excluding carboxylic acids is 3. The van der Waals surface area contributed by atoms with E-state index in [0.717, 1.165) is 5.56 Å². The van der Waals surface area contributed by atoms with E-state index in [9.17, 15) is 23.2 Å². The average molecular weight is 617 g/mol. The number of halogens is 2. The third-order valence-electron chi connectivity index (χ3n) is 8.45. The fourth-order valence-electron chi connectivity index (χ4n) is 6.19.